The Morgan fingerprint density at radius 2 is 1.53 bits per heavy atom. The van der Waals surface area contributed by atoms with Gasteiger partial charge in [-0.1, -0.05) is 65.9 Å². The summed E-state index contributed by atoms with van der Waals surface area (Å²) in [5, 5.41) is 3.25. The molecular weight excluding hydrogens is 416 g/mol. The Balaban J connectivity index is 1.63. The van der Waals surface area contributed by atoms with Crippen LogP contribution in [0.5, 0.6) is 0 Å². The zero-order valence-electron chi connectivity index (χ0n) is 18.5. The highest BCUT2D eigenvalue weighted by molar-refractivity contribution is 8.04. The smallest absolute Gasteiger partial charge is 0.278 e. The van der Waals surface area contributed by atoms with Crippen LogP contribution in [0.3, 0.4) is 0 Å². The molecule has 4 rings (SSSR count). The molecule has 0 aromatic heterocycles. The molecule has 1 N–H and O–H groups in total. The van der Waals surface area contributed by atoms with Crippen LogP contribution >= 0.6 is 11.8 Å². The number of anilines is 1. The summed E-state index contributed by atoms with van der Waals surface area (Å²) in [5.74, 6) is -0.526. The predicted molar refractivity (Wildman–Crippen MR) is 130 cm³/mol. The Labute approximate surface area is 193 Å². The highest BCUT2D eigenvalue weighted by atomic mass is 32.2. The van der Waals surface area contributed by atoms with Gasteiger partial charge in [-0.05, 0) is 68.1 Å². The first-order valence-electron chi connectivity index (χ1n) is 10.7. The van der Waals surface area contributed by atoms with Crippen molar-refractivity contribution >= 4 is 29.3 Å². The fourth-order valence-electron chi connectivity index (χ4n) is 3.54. The fraction of sp³-hybridized carbons (Fsp3) is 0.185. The van der Waals surface area contributed by atoms with Crippen LogP contribution in [-0.4, -0.2) is 23.3 Å². The van der Waals surface area contributed by atoms with E-state index in [-0.39, 0.29) is 11.8 Å². The highest BCUT2D eigenvalue weighted by Gasteiger charge is 2.38. The molecule has 0 saturated carbocycles. The number of carbonyl (C=O) groups excluding carboxylic acids is 2. The van der Waals surface area contributed by atoms with Crippen molar-refractivity contribution in [1.29, 1.82) is 0 Å². The maximum atomic E-state index is 13.3. The summed E-state index contributed by atoms with van der Waals surface area (Å²) in [5.41, 5.74) is 5.69. The number of benzene rings is 3. The Kier molecular flexibility index (Phi) is 6.47. The van der Waals surface area contributed by atoms with Gasteiger partial charge in [-0.3, -0.25) is 14.5 Å². The highest BCUT2D eigenvalue weighted by Crippen LogP contribution is 2.36. The largest absolute Gasteiger partial charge is 0.350 e. The molecule has 0 aliphatic carbocycles. The van der Waals surface area contributed by atoms with E-state index in [0.29, 0.717) is 23.6 Å². The molecule has 1 aliphatic rings. The topological polar surface area (TPSA) is 49.4 Å². The Morgan fingerprint density at radius 1 is 0.812 bits per heavy atom. The lowest BCUT2D eigenvalue weighted by Crippen LogP contribution is -2.34. The second-order valence-electron chi connectivity index (χ2n) is 8.04. The van der Waals surface area contributed by atoms with Gasteiger partial charge in [0.2, 0.25) is 0 Å². The Morgan fingerprint density at radius 3 is 2.22 bits per heavy atom. The van der Waals surface area contributed by atoms with E-state index in [0.717, 1.165) is 27.3 Å². The molecule has 3 aromatic carbocycles. The molecule has 2 amide bonds. The molecule has 0 saturated heterocycles. The van der Waals surface area contributed by atoms with Crippen molar-refractivity contribution < 1.29 is 9.59 Å². The average Bonchev–Trinajstić information content (AvgIpc) is 3.00. The number of aryl methyl sites for hydroxylation is 3. The number of hydrogen-bond donors (Lipinski definition) is 1. The molecule has 0 fully saturated rings. The van der Waals surface area contributed by atoms with E-state index < -0.39 is 0 Å². The summed E-state index contributed by atoms with van der Waals surface area (Å²) in [6.07, 6.45) is 0.623. The lowest BCUT2D eigenvalue weighted by Gasteiger charge is -2.15. The van der Waals surface area contributed by atoms with Crippen molar-refractivity contribution in [3.63, 3.8) is 0 Å². The number of hydrogen-bond acceptors (Lipinski definition) is 4. The first-order valence-corrected chi connectivity index (χ1v) is 11.5. The van der Waals surface area contributed by atoms with Crippen molar-refractivity contribution in [2.24, 2.45) is 0 Å². The molecular formula is C27H26N2O2S. The standard InChI is InChI=1S/C27H26N2O2S/c1-18-9-13-23(14-10-18)32-25-24(28-22-12-11-19(2)20(3)17-22)26(30)29(27(25)31)16-15-21-7-5-4-6-8-21/h4-14,17,28H,15-16H2,1-3H3. The summed E-state index contributed by atoms with van der Waals surface area (Å²) >= 11 is 1.34. The van der Waals surface area contributed by atoms with Crippen molar-refractivity contribution in [3.05, 3.63) is 106 Å². The van der Waals surface area contributed by atoms with Crippen LogP contribution < -0.4 is 5.32 Å². The molecule has 162 valence electrons. The zero-order chi connectivity index (χ0) is 22.7. The monoisotopic (exact) mass is 442 g/mol. The number of rotatable bonds is 7. The average molecular weight is 443 g/mol. The van der Waals surface area contributed by atoms with Crippen LogP contribution in [0, 0.1) is 20.8 Å². The number of amides is 2. The number of thioether (sulfide) groups is 1. The molecule has 0 unspecified atom stereocenters. The van der Waals surface area contributed by atoms with E-state index >= 15 is 0 Å². The normalized spacial score (nSPS) is 13.8. The van der Waals surface area contributed by atoms with Crippen molar-refractivity contribution in [2.75, 3.05) is 11.9 Å². The summed E-state index contributed by atoms with van der Waals surface area (Å²) in [6.45, 7) is 6.45. The second-order valence-corrected chi connectivity index (χ2v) is 9.12. The van der Waals surface area contributed by atoms with E-state index in [2.05, 4.69) is 5.32 Å². The maximum absolute atomic E-state index is 13.3. The lowest BCUT2D eigenvalue weighted by atomic mass is 10.1. The summed E-state index contributed by atoms with van der Waals surface area (Å²) < 4.78 is 0. The molecule has 32 heavy (non-hydrogen) atoms. The molecule has 0 bridgehead atoms. The minimum atomic E-state index is -0.279. The maximum Gasteiger partial charge on any atom is 0.278 e. The van der Waals surface area contributed by atoms with Gasteiger partial charge in [0.1, 0.15) is 10.6 Å². The lowest BCUT2D eigenvalue weighted by molar-refractivity contribution is -0.137. The van der Waals surface area contributed by atoms with E-state index in [1.807, 2.05) is 93.6 Å². The minimum absolute atomic E-state index is 0.247. The van der Waals surface area contributed by atoms with Crippen LogP contribution in [0.2, 0.25) is 0 Å². The third-order valence-electron chi connectivity index (χ3n) is 5.61. The minimum Gasteiger partial charge on any atom is -0.350 e. The first kappa shape index (κ1) is 21.9. The second kappa shape index (κ2) is 9.45. The van der Waals surface area contributed by atoms with Gasteiger partial charge in [0.15, 0.2) is 0 Å². The number of nitrogens with zero attached hydrogens (tertiary/aromatic N) is 1. The van der Waals surface area contributed by atoms with Gasteiger partial charge in [-0.2, -0.15) is 0 Å². The molecule has 1 aliphatic heterocycles. The fourth-order valence-corrected chi connectivity index (χ4v) is 4.48. The van der Waals surface area contributed by atoms with E-state index in [4.69, 9.17) is 0 Å². The van der Waals surface area contributed by atoms with Crippen molar-refractivity contribution in [1.82, 2.24) is 4.90 Å². The number of nitrogens with one attached hydrogen (secondary N) is 1. The van der Waals surface area contributed by atoms with Gasteiger partial charge in [0.25, 0.3) is 11.8 Å². The van der Waals surface area contributed by atoms with Gasteiger partial charge in [-0.15, -0.1) is 0 Å². The molecule has 0 radical (unpaired) electrons. The van der Waals surface area contributed by atoms with Gasteiger partial charge in [0, 0.05) is 17.1 Å². The Bertz CT molecular complexity index is 1180. The van der Waals surface area contributed by atoms with Crippen LogP contribution in [-0.2, 0) is 16.0 Å². The van der Waals surface area contributed by atoms with Gasteiger partial charge in [0.05, 0.1) is 0 Å². The molecule has 3 aromatic rings. The van der Waals surface area contributed by atoms with Crippen molar-refractivity contribution in [2.45, 2.75) is 32.1 Å². The Hall–Kier alpha value is -3.31. The van der Waals surface area contributed by atoms with Crippen LogP contribution in [0.15, 0.2) is 88.3 Å². The van der Waals surface area contributed by atoms with Gasteiger partial charge >= 0.3 is 0 Å². The molecule has 1 heterocycles. The van der Waals surface area contributed by atoms with E-state index in [1.54, 1.807) is 0 Å². The zero-order valence-corrected chi connectivity index (χ0v) is 19.3. The first-order chi connectivity index (χ1) is 15.4. The quantitative estimate of drug-likeness (QED) is 0.481. The van der Waals surface area contributed by atoms with Gasteiger partial charge < -0.3 is 5.32 Å². The van der Waals surface area contributed by atoms with Crippen LogP contribution in [0.4, 0.5) is 5.69 Å². The van der Waals surface area contributed by atoms with Crippen LogP contribution in [0.1, 0.15) is 22.3 Å². The predicted octanol–water partition coefficient (Wildman–Crippen LogP) is 5.64. The molecule has 5 heteroatoms. The van der Waals surface area contributed by atoms with Crippen molar-refractivity contribution in [3.8, 4) is 0 Å². The SMILES string of the molecule is Cc1ccc(SC2=C(Nc3ccc(C)c(C)c3)C(=O)N(CCc3ccccc3)C2=O)cc1. The van der Waals surface area contributed by atoms with Crippen LogP contribution in [0.25, 0.3) is 0 Å². The summed E-state index contributed by atoms with van der Waals surface area (Å²) in [7, 11) is 0. The number of imide groups is 1. The van der Waals surface area contributed by atoms with E-state index in [1.165, 1.54) is 22.2 Å². The molecule has 0 atom stereocenters. The summed E-state index contributed by atoms with van der Waals surface area (Å²) in [4.78, 5) is 29.4. The molecule has 0 spiro atoms. The molecule has 4 nitrogen and oxygen atoms in total. The number of carbonyl (C=O) groups is 2. The van der Waals surface area contributed by atoms with E-state index in [9.17, 15) is 9.59 Å². The van der Waals surface area contributed by atoms with Gasteiger partial charge in [-0.25, -0.2) is 0 Å². The third-order valence-corrected chi connectivity index (χ3v) is 6.70. The summed E-state index contributed by atoms with van der Waals surface area (Å²) in [6, 6.07) is 23.8. The third kappa shape index (κ3) is 4.78.